The third kappa shape index (κ3) is 4.06. The van der Waals surface area contributed by atoms with E-state index < -0.39 is 17.8 Å². The maximum Gasteiger partial charge on any atom is 0.258 e. The Kier molecular flexibility index (Phi) is 4.59. The van der Waals surface area contributed by atoms with Crippen LogP contribution in [0.3, 0.4) is 0 Å². The molecule has 7 heteroatoms. The smallest absolute Gasteiger partial charge is 0.258 e. The normalized spacial score (nSPS) is 11.8. The molecule has 1 aromatic carbocycles. The Morgan fingerprint density at radius 3 is 2.52 bits per heavy atom. The van der Waals surface area contributed by atoms with E-state index in [1.54, 1.807) is 31.2 Å². The van der Waals surface area contributed by atoms with Crippen molar-refractivity contribution in [3.05, 3.63) is 47.4 Å². The lowest BCUT2D eigenvalue weighted by molar-refractivity contribution is -0.123. The second kappa shape index (κ2) is 6.41. The minimum Gasteiger partial charge on any atom is -0.481 e. The van der Waals surface area contributed by atoms with E-state index >= 15 is 0 Å². The summed E-state index contributed by atoms with van der Waals surface area (Å²) in [6, 6.07) is 7.36. The van der Waals surface area contributed by atoms with Crippen LogP contribution < -0.4 is 15.2 Å². The Balaban J connectivity index is 2.07. The van der Waals surface area contributed by atoms with Gasteiger partial charge in [0.15, 0.2) is 11.9 Å². The van der Waals surface area contributed by atoms with Crippen LogP contribution in [0.1, 0.15) is 6.92 Å². The van der Waals surface area contributed by atoms with E-state index in [9.17, 15) is 9.18 Å². The third-order valence-electron chi connectivity index (χ3n) is 2.53. The first-order chi connectivity index (χ1) is 9.95. The number of amides is 1. The zero-order chi connectivity index (χ0) is 15.4. The average molecular weight is 311 g/mol. The lowest BCUT2D eigenvalue weighted by Gasteiger charge is -2.11. The molecule has 0 aliphatic carbocycles. The topological polar surface area (TPSA) is 74.4 Å². The van der Waals surface area contributed by atoms with Crippen molar-refractivity contribution in [3.8, 4) is 17.4 Å². The molecule has 1 heterocycles. The molecule has 5 nitrogen and oxygen atoms in total. The number of carbonyl (C=O) groups is 1. The van der Waals surface area contributed by atoms with Gasteiger partial charge in [-0.2, -0.15) is 0 Å². The van der Waals surface area contributed by atoms with E-state index in [0.717, 1.165) is 6.07 Å². The number of hydrogen-bond acceptors (Lipinski definition) is 4. The molecule has 0 radical (unpaired) electrons. The zero-order valence-electron chi connectivity index (χ0n) is 11.0. The average Bonchev–Trinajstić information content (AvgIpc) is 2.43. The van der Waals surface area contributed by atoms with E-state index in [1.807, 2.05) is 0 Å². The van der Waals surface area contributed by atoms with Gasteiger partial charge in [0, 0.05) is 6.20 Å². The van der Waals surface area contributed by atoms with E-state index in [2.05, 4.69) is 4.98 Å². The molecule has 1 atom stereocenters. The predicted octanol–water partition coefficient (Wildman–Crippen LogP) is 2.92. The lowest BCUT2D eigenvalue weighted by atomic mass is 10.3. The van der Waals surface area contributed by atoms with E-state index in [0.29, 0.717) is 11.5 Å². The molecule has 0 spiro atoms. The first kappa shape index (κ1) is 15.1. The highest BCUT2D eigenvalue weighted by Gasteiger charge is 2.11. The van der Waals surface area contributed by atoms with Crippen LogP contribution in [0.25, 0.3) is 0 Å². The standard InChI is InChI=1S/C14H12ClFN2O3/c1-8(13(17)19)20-10-2-4-11(5-3-10)21-14-12(16)6-9(15)7-18-14/h2-8H,1H3,(H2,17,19). The number of ether oxygens (including phenoxy) is 2. The summed E-state index contributed by atoms with van der Waals surface area (Å²) in [5, 5.41) is 0.184. The van der Waals surface area contributed by atoms with E-state index in [1.165, 1.54) is 6.20 Å². The molecule has 2 aromatic rings. The molecule has 110 valence electrons. The molecule has 0 saturated carbocycles. The molecule has 0 aliphatic heterocycles. The zero-order valence-corrected chi connectivity index (χ0v) is 11.8. The molecule has 2 rings (SSSR count). The van der Waals surface area contributed by atoms with Gasteiger partial charge in [0.05, 0.1) is 5.02 Å². The molecular weight excluding hydrogens is 299 g/mol. The van der Waals surface area contributed by atoms with Gasteiger partial charge in [0.25, 0.3) is 11.8 Å². The highest BCUT2D eigenvalue weighted by atomic mass is 35.5. The number of carbonyl (C=O) groups excluding carboxylic acids is 1. The number of hydrogen-bond donors (Lipinski definition) is 1. The van der Waals surface area contributed by atoms with Gasteiger partial charge in [-0.3, -0.25) is 4.79 Å². The van der Waals surface area contributed by atoms with Crippen LogP contribution in [-0.2, 0) is 4.79 Å². The fraction of sp³-hybridized carbons (Fsp3) is 0.143. The number of aromatic nitrogens is 1. The van der Waals surface area contributed by atoms with Crippen molar-refractivity contribution < 1.29 is 18.7 Å². The van der Waals surface area contributed by atoms with Crippen molar-refractivity contribution in [3.63, 3.8) is 0 Å². The second-order valence-electron chi connectivity index (χ2n) is 4.18. The Labute approximate surface area is 125 Å². The van der Waals surface area contributed by atoms with Gasteiger partial charge in [-0.1, -0.05) is 11.6 Å². The van der Waals surface area contributed by atoms with Crippen LogP contribution in [0.15, 0.2) is 36.5 Å². The quantitative estimate of drug-likeness (QED) is 0.921. The predicted molar refractivity (Wildman–Crippen MR) is 75.0 cm³/mol. The summed E-state index contributed by atoms with van der Waals surface area (Å²) in [7, 11) is 0. The van der Waals surface area contributed by atoms with Crippen molar-refractivity contribution in [1.82, 2.24) is 4.98 Å². The van der Waals surface area contributed by atoms with Crippen molar-refractivity contribution >= 4 is 17.5 Å². The van der Waals surface area contributed by atoms with Crippen LogP contribution in [-0.4, -0.2) is 17.0 Å². The SMILES string of the molecule is CC(Oc1ccc(Oc2ncc(Cl)cc2F)cc1)C(N)=O. The maximum absolute atomic E-state index is 13.5. The highest BCUT2D eigenvalue weighted by molar-refractivity contribution is 6.30. The Morgan fingerprint density at radius 2 is 1.95 bits per heavy atom. The number of benzene rings is 1. The van der Waals surface area contributed by atoms with Gasteiger partial charge in [-0.25, -0.2) is 9.37 Å². The van der Waals surface area contributed by atoms with Crippen LogP contribution in [0.5, 0.6) is 17.4 Å². The summed E-state index contributed by atoms with van der Waals surface area (Å²) in [6.45, 7) is 1.54. The molecule has 1 amide bonds. The second-order valence-corrected chi connectivity index (χ2v) is 4.61. The number of nitrogens with two attached hydrogens (primary N) is 1. The first-order valence-electron chi connectivity index (χ1n) is 6.00. The minimum absolute atomic E-state index is 0.182. The Hall–Kier alpha value is -2.34. The van der Waals surface area contributed by atoms with Gasteiger partial charge in [-0.05, 0) is 37.3 Å². The summed E-state index contributed by atoms with van der Waals surface area (Å²) < 4.78 is 24.1. The number of primary amides is 1. The van der Waals surface area contributed by atoms with E-state index in [4.69, 9.17) is 26.8 Å². The molecule has 1 unspecified atom stereocenters. The van der Waals surface area contributed by atoms with Gasteiger partial charge in [0.2, 0.25) is 0 Å². The van der Waals surface area contributed by atoms with Crippen molar-refractivity contribution in [2.24, 2.45) is 5.73 Å². The first-order valence-corrected chi connectivity index (χ1v) is 6.38. The van der Waals surface area contributed by atoms with Crippen LogP contribution in [0.2, 0.25) is 5.02 Å². The highest BCUT2D eigenvalue weighted by Crippen LogP contribution is 2.26. The van der Waals surface area contributed by atoms with Crippen LogP contribution in [0.4, 0.5) is 4.39 Å². The summed E-state index contributed by atoms with van der Waals surface area (Å²) in [6.07, 6.45) is 0.540. The molecule has 1 aromatic heterocycles. The van der Waals surface area contributed by atoms with Gasteiger partial charge >= 0.3 is 0 Å². The van der Waals surface area contributed by atoms with E-state index in [-0.39, 0.29) is 10.9 Å². The molecule has 2 N–H and O–H groups in total. The number of rotatable bonds is 5. The Morgan fingerprint density at radius 1 is 1.33 bits per heavy atom. The fourth-order valence-corrected chi connectivity index (χ4v) is 1.58. The molecular formula is C14H12ClFN2O3. The van der Waals surface area contributed by atoms with Gasteiger partial charge in [0.1, 0.15) is 11.5 Å². The summed E-state index contributed by atoms with van der Waals surface area (Å²) in [4.78, 5) is 14.6. The fourth-order valence-electron chi connectivity index (χ4n) is 1.44. The largest absolute Gasteiger partial charge is 0.481 e. The molecule has 21 heavy (non-hydrogen) atoms. The minimum atomic E-state index is -0.743. The molecule has 0 aliphatic rings. The summed E-state index contributed by atoms with van der Waals surface area (Å²) in [5.41, 5.74) is 5.10. The molecule has 0 saturated heterocycles. The van der Waals surface area contributed by atoms with Crippen molar-refractivity contribution in [2.45, 2.75) is 13.0 Å². The Bertz CT molecular complexity index is 649. The van der Waals surface area contributed by atoms with Crippen molar-refractivity contribution in [1.29, 1.82) is 0 Å². The van der Waals surface area contributed by atoms with Gasteiger partial charge in [-0.15, -0.1) is 0 Å². The third-order valence-corrected chi connectivity index (χ3v) is 2.73. The van der Waals surface area contributed by atoms with Crippen LogP contribution >= 0.6 is 11.6 Å². The number of halogens is 2. The molecule has 0 bridgehead atoms. The molecule has 0 fully saturated rings. The number of nitrogens with zero attached hydrogens (tertiary/aromatic N) is 1. The van der Waals surface area contributed by atoms with Crippen LogP contribution in [0, 0.1) is 5.82 Å². The lowest BCUT2D eigenvalue weighted by Crippen LogP contribution is -2.30. The summed E-state index contributed by atoms with van der Waals surface area (Å²) in [5.74, 6) is -0.604. The van der Waals surface area contributed by atoms with Gasteiger partial charge < -0.3 is 15.2 Å². The van der Waals surface area contributed by atoms with Crippen molar-refractivity contribution in [2.75, 3.05) is 0 Å². The summed E-state index contributed by atoms with van der Waals surface area (Å²) >= 11 is 5.60. The maximum atomic E-state index is 13.5. The monoisotopic (exact) mass is 310 g/mol. The number of pyridine rings is 1.